The smallest absolute Gasteiger partial charge is 0.119 e. The average Bonchev–Trinajstić information content (AvgIpc) is 2.65. The SMILES string of the molecule is CNCCc1cn(CO)c2ccccc12. The van der Waals surface area contributed by atoms with E-state index in [-0.39, 0.29) is 6.73 Å². The van der Waals surface area contributed by atoms with Crippen LogP contribution in [0.2, 0.25) is 0 Å². The monoisotopic (exact) mass is 204 g/mol. The molecule has 1 aromatic carbocycles. The number of rotatable bonds is 4. The van der Waals surface area contributed by atoms with Crippen molar-refractivity contribution < 1.29 is 5.11 Å². The summed E-state index contributed by atoms with van der Waals surface area (Å²) in [5.74, 6) is 0. The minimum Gasteiger partial charge on any atom is -0.376 e. The highest BCUT2D eigenvalue weighted by Gasteiger charge is 2.06. The second-order valence-corrected chi connectivity index (χ2v) is 3.64. The molecule has 0 unspecified atom stereocenters. The minimum atomic E-state index is 0.0417. The second-order valence-electron chi connectivity index (χ2n) is 3.64. The van der Waals surface area contributed by atoms with Crippen LogP contribution in [-0.4, -0.2) is 23.3 Å². The fourth-order valence-electron chi connectivity index (χ4n) is 1.90. The van der Waals surface area contributed by atoms with Gasteiger partial charge in [0.05, 0.1) is 5.52 Å². The van der Waals surface area contributed by atoms with Gasteiger partial charge in [0.15, 0.2) is 0 Å². The van der Waals surface area contributed by atoms with E-state index in [2.05, 4.69) is 11.4 Å². The Bertz CT molecular complexity index is 448. The molecule has 1 heterocycles. The molecule has 3 nitrogen and oxygen atoms in total. The van der Waals surface area contributed by atoms with Gasteiger partial charge in [-0.2, -0.15) is 0 Å². The zero-order valence-electron chi connectivity index (χ0n) is 8.90. The van der Waals surface area contributed by atoms with Gasteiger partial charge >= 0.3 is 0 Å². The van der Waals surface area contributed by atoms with E-state index in [4.69, 9.17) is 0 Å². The zero-order valence-corrected chi connectivity index (χ0v) is 8.90. The van der Waals surface area contributed by atoms with E-state index in [1.54, 1.807) is 0 Å². The summed E-state index contributed by atoms with van der Waals surface area (Å²) >= 11 is 0. The largest absolute Gasteiger partial charge is 0.376 e. The highest BCUT2D eigenvalue weighted by atomic mass is 16.3. The predicted octanol–water partition coefficient (Wildman–Crippen LogP) is 1.35. The van der Waals surface area contributed by atoms with E-state index < -0.39 is 0 Å². The molecule has 0 aliphatic rings. The van der Waals surface area contributed by atoms with E-state index >= 15 is 0 Å². The molecule has 0 amide bonds. The Kier molecular flexibility index (Phi) is 3.04. The van der Waals surface area contributed by atoms with Crippen molar-refractivity contribution in [2.24, 2.45) is 0 Å². The lowest BCUT2D eigenvalue weighted by atomic mass is 10.1. The van der Waals surface area contributed by atoms with Crippen LogP contribution < -0.4 is 5.32 Å². The van der Waals surface area contributed by atoms with Crippen LogP contribution in [0.15, 0.2) is 30.5 Å². The molecule has 2 aromatic rings. The third-order valence-electron chi connectivity index (χ3n) is 2.67. The summed E-state index contributed by atoms with van der Waals surface area (Å²) in [5.41, 5.74) is 2.39. The van der Waals surface area contributed by atoms with E-state index in [1.807, 2.05) is 36.0 Å². The summed E-state index contributed by atoms with van der Waals surface area (Å²) in [6, 6.07) is 8.17. The number of benzene rings is 1. The molecule has 80 valence electrons. The van der Waals surface area contributed by atoms with Gasteiger partial charge in [-0.25, -0.2) is 0 Å². The normalized spacial score (nSPS) is 11.1. The van der Waals surface area contributed by atoms with Gasteiger partial charge in [0.25, 0.3) is 0 Å². The lowest BCUT2D eigenvalue weighted by Crippen LogP contribution is -2.09. The standard InChI is InChI=1S/C12H16N2O/c1-13-7-6-10-8-14(9-15)12-5-3-2-4-11(10)12/h2-5,8,13,15H,6-7,9H2,1H3. The van der Waals surface area contributed by atoms with Crippen molar-refractivity contribution in [3.63, 3.8) is 0 Å². The van der Waals surface area contributed by atoms with Gasteiger partial charge in [0.2, 0.25) is 0 Å². The predicted molar refractivity (Wildman–Crippen MR) is 61.8 cm³/mol. The number of nitrogens with zero attached hydrogens (tertiary/aromatic N) is 1. The summed E-state index contributed by atoms with van der Waals surface area (Å²) < 4.78 is 1.88. The maximum atomic E-state index is 9.22. The molecule has 0 radical (unpaired) electrons. The molecule has 0 aliphatic carbocycles. The van der Waals surface area contributed by atoms with Crippen molar-refractivity contribution >= 4 is 10.9 Å². The first-order valence-corrected chi connectivity index (χ1v) is 5.19. The van der Waals surface area contributed by atoms with Gasteiger partial charge in [-0.1, -0.05) is 18.2 Å². The van der Waals surface area contributed by atoms with Gasteiger partial charge in [0, 0.05) is 11.6 Å². The quantitative estimate of drug-likeness (QED) is 0.789. The Hall–Kier alpha value is -1.32. The van der Waals surface area contributed by atoms with Gasteiger partial charge in [-0.05, 0) is 31.6 Å². The highest BCUT2D eigenvalue weighted by Crippen LogP contribution is 2.21. The van der Waals surface area contributed by atoms with Gasteiger partial charge in [-0.15, -0.1) is 0 Å². The Morgan fingerprint density at radius 2 is 2.13 bits per heavy atom. The summed E-state index contributed by atoms with van der Waals surface area (Å²) in [7, 11) is 1.95. The minimum absolute atomic E-state index is 0.0417. The number of para-hydroxylation sites is 1. The van der Waals surface area contributed by atoms with E-state index in [1.165, 1.54) is 10.9 Å². The van der Waals surface area contributed by atoms with Crippen molar-refractivity contribution in [3.8, 4) is 0 Å². The highest BCUT2D eigenvalue weighted by molar-refractivity contribution is 5.83. The fraction of sp³-hybridized carbons (Fsp3) is 0.333. The van der Waals surface area contributed by atoms with Crippen molar-refractivity contribution in [3.05, 3.63) is 36.0 Å². The number of hydrogen-bond donors (Lipinski definition) is 2. The van der Waals surface area contributed by atoms with Crippen LogP contribution in [0.5, 0.6) is 0 Å². The molecule has 0 spiro atoms. The Labute approximate surface area is 89.3 Å². The topological polar surface area (TPSA) is 37.2 Å². The molecule has 0 aliphatic heterocycles. The van der Waals surface area contributed by atoms with Crippen LogP contribution in [-0.2, 0) is 13.2 Å². The maximum Gasteiger partial charge on any atom is 0.119 e. The summed E-state index contributed by atoms with van der Waals surface area (Å²) in [6.07, 6.45) is 3.02. The summed E-state index contributed by atoms with van der Waals surface area (Å²) in [6.45, 7) is 1.000. The Morgan fingerprint density at radius 3 is 2.87 bits per heavy atom. The molecule has 1 aromatic heterocycles. The van der Waals surface area contributed by atoms with Crippen molar-refractivity contribution in [2.45, 2.75) is 13.2 Å². The number of aliphatic hydroxyl groups excluding tert-OH is 1. The molecule has 0 saturated heterocycles. The Morgan fingerprint density at radius 1 is 1.33 bits per heavy atom. The molecular formula is C12H16N2O. The van der Waals surface area contributed by atoms with Crippen molar-refractivity contribution in [1.82, 2.24) is 9.88 Å². The number of likely N-dealkylation sites (N-methyl/N-ethyl adjacent to an activating group) is 1. The number of aromatic nitrogens is 1. The first-order chi connectivity index (χ1) is 7.36. The number of fused-ring (bicyclic) bond motifs is 1. The third kappa shape index (κ3) is 1.89. The van der Waals surface area contributed by atoms with Crippen LogP contribution in [0.3, 0.4) is 0 Å². The van der Waals surface area contributed by atoms with Crippen molar-refractivity contribution in [2.75, 3.05) is 13.6 Å². The lowest BCUT2D eigenvalue weighted by molar-refractivity contribution is 0.215. The molecular weight excluding hydrogens is 188 g/mol. The first-order valence-electron chi connectivity index (χ1n) is 5.19. The van der Waals surface area contributed by atoms with Gasteiger partial charge in [0.1, 0.15) is 6.73 Å². The second kappa shape index (κ2) is 4.47. The molecule has 0 atom stereocenters. The molecule has 3 heteroatoms. The first kappa shape index (κ1) is 10.2. The lowest BCUT2D eigenvalue weighted by Gasteiger charge is -1.97. The van der Waals surface area contributed by atoms with Gasteiger partial charge < -0.3 is 15.0 Å². The van der Waals surface area contributed by atoms with Crippen LogP contribution in [0.25, 0.3) is 10.9 Å². The van der Waals surface area contributed by atoms with Crippen LogP contribution in [0.1, 0.15) is 5.56 Å². The van der Waals surface area contributed by atoms with Crippen LogP contribution in [0, 0.1) is 0 Å². The molecule has 0 saturated carbocycles. The molecule has 2 N–H and O–H groups in total. The van der Waals surface area contributed by atoms with E-state index in [9.17, 15) is 5.11 Å². The van der Waals surface area contributed by atoms with Crippen LogP contribution in [0.4, 0.5) is 0 Å². The summed E-state index contributed by atoms with van der Waals surface area (Å²) in [5, 5.41) is 13.6. The molecule has 0 fully saturated rings. The summed E-state index contributed by atoms with van der Waals surface area (Å²) in [4.78, 5) is 0. The molecule has 0 bridgehead atoms. The maximum absolute atomic E-state index is 9.22. The Balaban J connectivity index is 2.45. The zero-order chi connectivity index (χ0) is 10.7. The van der Waals surface area contributed by atoms with Gasteiger partial charge in [-0.3, -0.25) is 0 Å². The third-order valence-corrected chi connectivity index (χ3v) is 2.67. The fourth-order valence-corrected chi connectivity index (χ4v) is 1.90. The molecule has 15 heavy (non-hydrogen) atoms. The van der Waals surface area contributed by atoms with Crippen molar-refractivity contribution in [1.29, 1.82) is 0 Å². The number of nitrogens with one attached hydrogen (secondary N) is 1. The van der Waals surface area contributed by atoms with Crippen LogP contribution >= 0.6 is 0 Å². The average molecular weight is 204 g/mol. The van der Waals surface area contributed by atoms with E-state index in [0.717, 1.165) is 18.5 Å². The number of aliphatic hydroxyl groups is 1. The van der Waals surface area contributed by atoms with E-state index in [0.29, 0.717) is 0 Å². The molecule has 2 rings (SSSR count). The number of hydrogen-bond acceptors (Lipinski definition) is 2.